The zero-order valence-corrected chi connectivity index (χ0v) is 13.3. The van der Waals surface area contributed by atoms with Crippen molar-refractivity contribution in [1.29, 1.82) is 0 Å². The van der Waals surface area contributed by atoms with Crippen LogP contribution in [0, 0.1) is 11.8 Å². The van der Waals surface area contributed by atoms with E-state index in [1.807, 2.05) is 0 Å². The summed E-state index contributed by atoms with van der Waals surface area (Å²) in [6.07, 6.45) is 5.64. The van der Waals surface area contributed by atoms with E-state index >= 15 is 0 Å². The molecular weight excluding hydrogens is 307 g/mol. The summed E-state index contributed by atoms with van der Waals surface area (Å²) >= 11 is 12.0. The van der Waals surface area contributed by atoms with E-state index in [2.05, 4.69) is 5.32 Å². The second kappa shape index (κ2) is 6.15. The summed E-state index contributed by atoms with van der Waals surface area (Å²) in [6, 6.07) is 5.50. The number of nitrogens with one attached hydrogen (secondary N) is 1. The van der Waals surface area contributed by atoms with Crippen LogP contribution < -0.4 is 11.1 Å². The summed E-state index contributed by atoms with van der Waals surface area (Å²) in [5, 5.41) is 4.10. The Balaban J connectivity index is 1.67. The standard InChI is InChI=1S/C16H20Cl2N2O/c17-11-3-4-13(14(18)8-11)16(21)20-15(5-9-1-2-9)10-6-12(19)7-10/h3-4,8-10,12,15H,1-2,5-7,19H2,(H,20,21)/t10-,12+,15?. The smallest absolute Gasteiger partial charge is 0.253 e. The molecule has 2 saturated carbocycles. The summed E-state index contributed by atoms with van der Waals surface area (Å²) in [6.45, 7) is 0. The number of amides is 1. The van der Waals surface area contributed by atoms with Gasteiger partial charge in [-0.2, -0.15) is 0 Å². The van der Waals surface area contributed by atoms with Crippen molar-refractivity contribution >= 4 is 29.1 Å². The van der Waals surface area contributed by atoms with Crippen molar-refractivity contribution in [3.05, 3.63) is 33.8 Å². The van der Waals surface area contributed by atoms with E-state index in [0.29, 0.717) is 27.6 Å². The second-order valence-electron chi connectivity index (χ2n) is 6.37. The van der Waals surface area contributed by atoms with Crippen molar-refractivity contribution < 1.29 is 4.79 Å². The van der Waals surface area contributed by atoms with E-state index in [0.717, 1.165) is 25.2 Å². The van der Waals surface area contributed by atoms with Gasteiger partial charge in [0.1, 0.15) is 0 Å². The third-order valence-electron chi connectivity index (χ3n) is 4.56. The van der Waals surface area contributed by atoms with Gasteiger partial charge in [-0.15, -0.1) is 0 Å². The topological polar surface area (TPSA) is 55.1 Å². The first-order chi connectivity index (χ1) is 10.0. The van der Waals surface area contributed by atoms with Crippen LogP contribution in [0.4, 0.5) is 0 Å². The van der Waals surface area contributed by atoms with Crippen LogP contribution in [0.5, 0.6) is 0 Å². The van der Waals surface area contributed by atoms with Crippen LogP contribution in [0.2, 0.25) is 10.0 Å². The van der Waals surface area contributed by atoms with E-state index in [9.17, 15) is 4.79 Å². The van der Waals surface area contributed by atoms with Gasteiger partial charge in [-0.1, -0.05) is 36.0 Å². The molecule has 0 aliphatic heterocycles. The Hall–Kier alpha value is -0.770. The zero-order chi connectivity index (χ0) is 15.0. The first-order valence-corrected chi connectivity index (χ1v) is 8.30. The summed E-state index contributed by atoms with van der Waals surface area (Å²) < 4.78 is 0. The molecule has 3 N–H and O–H groups in total. The molecule has 5 heteroatoms. The van der Waals surface area contributed by atoms with Gasteiger partial charge in [-0.3, -0.25) is 4.79 Å². The lowest BCUT2D eigenvalue weighted by Gasteiger charge is -2.39. The number of hydrogen-bond acceptors (Lipinski definition) is 2. The molecule has 1 aromatic carbocycles. The van der Waals surface area contributed by atoms with Gasteiger partial charge >= 0.3 is 0 Å². The monoisotopic (exact) mass is 326 g/mol. The van der Waals surface area contributed by atoms with E-state index in [1.165, 1.54) is 12.8 Å². The molecule has 0 heterocycles. The lowest BCUT2D eigenvalue weighted by Crippen LogP contribution is -2.49. The van der Waals surface area contributed by atoms with Gasteiger partial charge in [0.25, 0.3) is 5.91 Å². The average molecular weight is 327 g/mol. The maximum atomic E-state index is 12.4. The largest absolute Gasteiger partial charge is 0.349 e. The highest BCUT2D eigenvalue weighted by molar-refractivity contribution is 6.36. The summed E-state index contributed by atoms with van der Waals surface area (Å²) in [7, 11) is 0. The van der Waals surface area contributed by atoms with Crippen LogP contribution >= 0.6 is 23.2 Å². The normalized spacial score (nSPS) is 26.0. The first kappa shape index (κ1) is 15.1. The van der Waals surface area contributed by atoms with Gasteiger partial charge in [0.05, 0.1) is 10.6 Å². The molecule has 1 atom stereocenters. The van der Waals surface area contributed by atoms with Crippen LogP contribution in [0.15, 0.2) is 18.2 Å². The fourth-order valence-electron chi connectivity index (χ4n) is 3.04. The predicted molar refractivity (Wildman–Crippen MR) is 85.8 cm³/mol. The molecule has 0 spiro atoms. The molecule has 2 aliphatic carbocycles. The minimum absolute atomic E-state index is 0.109. The fraction of sp³-hybridized carbons (Fsp3) is 0.562. The highest BCUT2D eigenvalue weighted by Gasteiger charge is 2.37. The molecule has 0 bridgehead atoms. The minimum atomic E-state index is -0.109. The van der Waals surface area contributed by atoms with Crippen molar-refractivity contribution in [2.75, 3.05) is 0 Å². The Morgan fingerprint density at radius 1 is 1.33 bits per heavy atom. The third-order valence-corrected chi connectivity index (χ3v) is 5.10. The van der Waals surface area contributed by atoms with Gasteiger partial charge in [0.2, 0.25) is 0 Å². The van der Waals surface area contributed by atoms with E-state index in [-0.39, 0.29) is 11.9 Å². The Morgan fingerprint density at radius 3 is 2.62 bits per heavy atom. The molecule has 21 heavy (non-hydrogen) atoms. The van der Waals surface area contributed by atoms with Gasteiger partial charge in [0, 0.05) is 17.1 Å². The van der Waals surface area contributed by atoms with E-state index in [4.69, 9.17) is 28.9 Å². The lowest BCUT2D eigenvalue weighted by atomic mass is 9.74. The highest BCUT2D eigenvalue weighted by atomic mass is 35.5. The molecule has 2 aliphatic rings. The maximum absolute atomic E-state index is 12.4. The Morgan fingerprint density at radius 2 is 2.05 bits per heavy atom. The first-order valence-electron chi connectivity index (χ1n) is 7.54. The quantitative estimate of drug-likeness (QED) is 0.868. The summed E-state index contributed by atoms with van der Waals surface area (Å²) in [5.41, 5.74) is 6.38. The van der Waals surface area contributed by atoms with Crippen LogP contribution in [-0.4, -0.2) is 18.0 Å². The Bertz CT molecular complexity index is 539. The van der Waals surface area contributed by atoms with E-state index < -0.39 is 0 Å². The number of halogens is 2. The average Bonchev–Trinajstić information content (AvgIpc) is 3.18. The second-order valence-corrected chi connectivity index (χ2v) is 7.22. The molecule has 3 nitrogen and oxygen atoms in total. The van der Waals surface area contributed by atoms with Crippen molar-refractivity contribution in [3.8, 4) is 0 Å². The van der Waals surface area contributed by atoms with Crippen LogP contribution in [0.3, 0.4) is 0 Å². The number of rotatable bonds is 5. The Kier molecular flexibility index (Phi) is 4.43. The van der Waals surface area contributed by atoms with Gasteiger partial charge in [-0.05, 0) is 49.3 Å². The molecule has 0 radical (unpaired) electrons. The molecule has 1 unspecified atom stereocenters. The van der Waals surface area contributed by atoms with Crippen LogP contribution in [0.25, 0.3) is 0 Å². The summed E-state index contributed by atoms with van der Waals surface area (Å²) in [5.74, 6) is 1.17. The van der Waals surface area contributed by atoms with Gasteiger partial charge in [-0.25, -0.2) is 0 Å². The predicted octanol–water partition coefficient (Wildman–Crippen LogP) is 3.63. The zero-order valence-electron chi connectivity index (χ0n) is 11.8. The Labute approximate surface area is 135 Å². The van der Waals surface area contributed by atoms with Crippen molar-refractivity contribution in [2.45, 2.75) is 44.2 Å². The lowest BCUT2D eigenvalue weighted by molar-refractivity contribution is 0.0882. The van der Waals surface area contributed by atoms with Crippen LogP contribution in [0.1, 0.15) is 42.5 Å². The van der Waals surface area contributed by atoms with Gasteiger partial charge in [0.15, 0.2) is 0 Å². The fourth-order valence-corrected chi connectivity index (χ4v) is 3.53. The highest BCUT2D eigenvalue weighted by Crippen LogP contribution is 2.39. The van der Waals surface area contributed by atoms with Gasteiger partial charge < -0.3 is 11.1 Å². The number of nitrogens with two attached hydrogens (primary N) is 1. The van der Waals surface area contributed by atoms with Crippen molar-refractivity contribution in [2.24, 2.45) is 17.6 Å². The number of carbonyl (C=O) groups is 1. The van der Waals surface area contributed by atoms with E-state index in [1.54, 1.807) is 18.2 Å². The SMILES string of the molecule is N[C@H]1C[C@@H](C(CC2CC2)NC(=O)c2ccc(Cl)cc2Cl)C1. The van der Waals surface area contributed by atoms with Crippen molar-refractivity contribution in [1.82, 2.24) is 5.32 Å². The van der Waals surface area contributed by atoms with Crippen molar-refractivity contribution in [3.63, 3.8) is 0 Å². The number of carbonyl (C=O) groups excluding carboxylic acids is 1. The molecule has 3 rings (SSSR count). The third kappa shape index (κ3) is 3.71. The molecule has 1 aromatic rings. The molecule has 2 fully saturated rings. The number of hydrogen-bond donors (Lipinski definition) is 2. The van der Waals surface area contributed by atoms with Crippen LogP contribution in [-0.2, 0) is 0 Å². The molecule has 1 amide bonds. The molecule has 114 valence electrons. The number of benzene rings is 1. The minimum Gasteiger partial charge on any atom is -0.349 e. The summed E-state index contributed by atoms with van der Waals surface area (Å²) in [4.78, 5) is 12.4. The maximum Gasteiger partial charge on any atom is 0.253 e. The molecular formula is C16H20Cl2N2O. The molecule has 0 saturated heterocycles. The molecule has 0 aromatic heterocycles.